The summed E-state index contributed by atoms with van der Waals surface area (Å²) in [5, 5.41) is 0. The highest BCUT2D eigenvalue weighted by Gasteiger charge is 2.33. The average Bonchev–Trinajstić information content (AvgIpc) is 2.74. The molecule has 2 fully saturated rings. The number of rotatable bonds is 2. The maximum absolute atomic E-state index is 11.3. The minimum absolute atomic E-state index is 0.112. The third-order valence-corrected chi connectivity index (χ3v) is 3.26. The number of hydrogen-bond acceptors (Lipinski definition) is 1. The fourth-order valence-electron chi connectivity index (χ4n) is 1.49. The third kappa shape index (κ3) is 1.58. The summed E-state index contributed by atoms with van der Waals surface area (Å²) in [6.07, 6.45) is 3.65. The highest BCUT2D eigenvalue weighted by atomic mass is 79.9. The fourth-order valence-corrected chi connectivity index (χ4v) is 1.99. The molecule has 0 spiro atoms. The van der Waals surface area contributed by atoms with Crippen LogP contribution in [0, 0.1) is 5.92 Å². The Morgan fingerprint density at radius 3 is 2.64 bits per heavy atom. The minimum Gasteiger partial charge on any atom is -0.341 e. The Hall–Kier alpha value is -0.0500. The molecule has 1 saturated carbocycles. The topological polar surface area (TPSA) is 20.3 Å². The molecule has 1 aliphatic heterocycles. The molecule has 0 N–H and O–H groups in total. The van der Waals surface area contributed by atoms with E-state index in [9.17, 15) is 4.79 Å². The van der Waals surface area contributed by atoms with Gasteiger partial charge in [-0.25, -0.2) is 0 Å². The van der Waals surface area contributed by atoms with Crippen molar-refractivity contribution in [3.8, 4) is 0 Å². The Morgan fingerprint density at radius 1 is 1.45 bits per heavy atom. The van der Waals surface area contributed by atoms with E-state index in [4.69, 9.17) is 0 Å². The molecule has 3 heteroatoms. The zero-order valence-electron chi connectivity index (χ0n) is 6.42. The second-order valence-electron chi connectivity index (χ2n) is 3.48. The summed E-state index contributed by atoms with van der Waals surface area (Å²) in [6.45, 7) is 1.98. The number of alkyl halides is 1. The van der Waals surface area contributed by atoms with Crippen LogP contribution in [-0.4, -0.2) is 28.7 Å². The first-order valence-electron chi connectivity index (χ1n) is 4.20. The summed E-state index contributed by atoms with van der Waals surface area (Å²) in [5.41, 5.74) is 0. The Morgan fingerprint density at radius 2 is 2.18 bits per heavy atom. The van der Waals surface area contributed by atoms with Gasteiger partial charge in [-0.15, -0.1) is 0 Å². The lowest BCUT2D eigenvalue weighted by Crippen LogP contribution is -2.29. The van der Waals surface area contributed by atoms with Gasteiger partial charge in [0.15, 0.2) is 0 Å². The maximum Gasteiger partial charge on any atom is 0.236 e. The molecule has 1 amide bonds. The summed E-state index contributed by atoms with van der Waals surface area (Å²) in [5.74, 6) is 1.13. The smallest absolute Gasteiger partial charge is 0.236 e. The molecule has 0 bridgehead atoms. The molecule has 2 aliphatic rings. The van der Waals surface area contributed by atoms with E-state index >= 15 is 0 Å². The first-order valence-corrected chi connectivity index (χ1v) is 5.12. The number of halogens is 1. The van der Waals surface area contributed by atoms with E-state index in [0.29, 0.717) is 5.91 Å². The number of nitrogens with zero attached hydrogens (tertiary/aromatic N) is 1. The maximum atomic E-state index is 11.3. The first-order chi connectivity index (χ1) is 5.27. The summed E-state index contributed by atoms with van der Waals surface area (Å²) >= 11 is 3.36. The van der Waals surface area contributed by atoms with Crippen LogP contribution in [0.15, 0.2) is 0 Å². The van der Waals surface area contributed by atoms with E-state index in [1.54, 1.807) is 0 Å². The van der Waals surface area contributed by atoms with Gasteiger partial charge in [0.25, 0.3) is 0 Å². The molecule has 0 radical (unpaired) electrons. The number of carbonyl (C=O) groups is 1. The van der Waals surface area contributed by atoms with Gasteiger partial charge in [0.1, 0.15) is 0 Å². The van der Waals surface area contributed by atoms with Gasteiger partial charge in [0.05, 0.1) is 4.83 Å². The Kier molecular flexibility index (Phi) is 1.91. The number of hydrogen-bond donors (Lipinski definition) is 0. The lowest BCUT2D eigenvalue weighted by molar-refractivity contribution is -0.127. The van der Waals surface area contributed by atoms with Gasteiger partial charge in [0, 0.05) is 13.1 Å². The number of carbonyl (C=O) groups excluding carboxylic acids is 1. The van der Waals surface area contributed by atoms with Gasteiger partial charge in [-0.2, -0.15) is 0 Å². The van der Waals surface area contributed by atoms with Crippen LogP contribution in [0.2, 0.25) is 0 Å². The van der Waals surface area contributed by atoms with Crippen LogP contribution in [-0.2, 0) is 4.79 Å². The Bertz CT molecular complexity index is 179. The standard InChI is InChI=1S/C8H12BrNO/c9-7-3-4-10(8(7)11)5-6-1-2-6/h6-7H,1-5H2/t7-/m1/s1. The second kappa shape index (κ2) is 2.77. The van der Waals surface area contributed by atoms with Crippen molar-refractivity contribution in [2.24, 2.45) is 5.92 Å². The van der Waals surface area contributed by atoms with Gasteiger partial charge >= 0.3 is 0 Å². The Labute approximate surface area is 75.1 Å². The van der Waals surface area contributed by atoms with Crippen LogP contribution < -0.4 is 0 Å². The minimum atomic E-state index is 0.112. The van der Waals surface area contributed by atoms with E-state index < -0.39 is 0 Å². The lowest BCUT2D eigenvalue weighted by atomic mass is 10.4. The SMILES string of the molecule is O=C1[C@H](Br)CCN1CC1CC1. The predicted molar refractivity (Wildman–Crippen MR) is 46.6 cm³/mol. The molecule has 1 aliphatic carbocycles. The van der Waals surface area contributed by atoms with E-state index in [1.165, 1.54) is 12.8 Å². The third-order valence-electron chi connectivity index (χ3n) is 2.41. The lowest BCUT2D eigenvalue weighted by Gasteiger charge is -2.14. The van der Waals surface area contributed by atoms with Gasteiger partial charge in [-0.05, 0) is 25.2 Å². The van der Waals surface area contributed by atoms with Crippen molar-refractivity contribution >= 4 is 21.8 Å². The quantitative estimate of drug-likeness (QED) is 0.641. The molecule has 2 rings (SSSR count). The molecule has 2 nitrogen and oxygen atoms in total. The molecule has 0 unspecified atom stereocenters. The first kappa shape index (κ1) is 7.59. The van der Waals surface area contributed by atoms with E-state index in [1.807, 2.05) is 4.90 Å². The molecule has 1 atom stereocenters. The number of likely N-dealkylation sites (tertiary alicyclic amines) is 1. The highest BCUT2D eigenvalue weighted by Crippen LogP contribution is 2.31. The molecular formula is C8H12BrNO. The van der Waals surface area contributed by atoms with Crippen molar-refractivity contribution in [1.82, 2.24) is 4.90 Å². The van der Waals surface area contributed by atoms with E-state index in [0.717, 1.165) is 25.4 Å². The normalized spacial score (nSPS) is 31.5. The van der Waals surface area contributed by atoms with Crippen LogP contribution in [0.5, 0.6) is 0 Å². The summed E-state index contributed by atoms with van der Waals surface area (Å²) < 4.78 is 0. The molecule has 0 aromatic carbocycles. The van der Waals surface area contributed by atoms with Crippen molar-refractivity contribution in [3.63, 3.8) is 0 Å². The van der Waals surface area contributed by atoms with Crippen molar-refractivity contribution in [3.05, 3.63) is 0 Å². The van der Waals surface area contributed by atoms with Gasteiger partial charge in [0.2, 0.25) is 5.91 Å². The fraction of sp³-hybridized carbons (Fsp3) is 0.875. The monoisotopic (exact) mass is 217 g/mol. The van der Waals surface area contributed by atoms with Crippen LogP contribution >= 0.6 is 15.9 Å². The van der Waals surface area contributed by atoms with Gasteiger partial charge < -0.3 is 4.90 Å². The van der Waals surface area contributed by atoms with Crippen molar-refractivity contribution in [2.75, 3.05) is 13.1 Å². The number of amides is 1. The second-order valence-corrected chi connectivity index (χ2v) is 4.59. The van der Waals surface area contributed by atoms with Gasteiger partial charge in [-0.3, -0.25) is 4.79 Å². The zero-order valence-corrected chi connectivity index (χ0v) is 8.01. The zero-order chi connectivity index (χ0) is 7.84. The molecule has 0 aromatic heterocycles. The summed E-state index contributed by atoms with van der Waals surface area (Å²) in [4.78, 5) is 13.5. The molecule has 0 aromatic rings. The van der Waals surface area contributed by atoms with E-state index in [-0.39, 0.29) is 4.83 Å². The van der Waals surface area contributed by atoms with Crippen molar-refractivity contribution < 1.29 is 4.79 Å². The predicted octanol–water partition coefficient (Wildman–Crippen LogP) is 1.39. The van der Waals surface area contributed by atoms with Crippen molar-refractivity contribution in [2.45, 2.75) is 24.1 Å². The molecule has 1 saturated heterocycles. The van der Waals surface area contributed by atoms with Crippen LogP contribution in [0.25, 0.3) is 0 Å². The van der Waals surface area contributed by atoms with Crippen molar-refractivity contribution in [1.29, 1.82) is 0 Å². The highest BCUT2D eigenvalue weighted by molar-refractivity contribution is 9.10. The Balaban J connectivity index is 1.88. The van der Waals surface area contributed by atoms with Crippen LogP contribution in [0.4, 0.5) is 0 Å². The van der Waals surface area contributed by atoms with E-state index in [2.05, 4.69) is 15.9 Å². The molecule has 1 heterocycles. The van der Waals surface area contributed by atoms with Crippen LogP contribution in [0.1, 0.15) is 19.3 Å². The summed E-state index contributed by atoms with van der Waals surface area (Å²) in [6, 6.07) is 0. The van der Waals surface area contributed by atoms with Crippen LogP contribution in [0.3, 0.4) is 0 Å². The molecule has 62 valence electrons. The van der Waals surface area contributed by atoms with Gasteiger partial charge in [-0.1, -0.05) is 15.9 Å². The average molecular weight is 218 g/mol. The summed E-state index contributed by atoms with van der Waals surface area (Å²) in [7, 11) is 0. The largest absolute Gasteiger partial charge is 0.341 e. The molecule has 11 heavy (non-hydrogen) atoms. The molecular weight excluding hydrogens is 206 g/mol.